The third-order valence-electron chi connectivity index (χ3n) is 4.19. The summed E-state index contributed by atoms with van der Waals surface area (Å²) >= 11 is 5.90. The van der Waals surface area contributed by atoms with Gasteiger partial charge in [0.1, 0.15) is 6.61 Å². The normalized spacial score (nSPS) is 20.8. The van der Waals surface area contributed by atoms with Gasteiger partial charge in [-0.2, -0.15) is 0 Å². The molecule has 0 radical (unpaired) electrons. The van der Waals surface area contributed by atoms with Crippen molar-refractivity contribution in [1.82, 2.24) is 0 Å². The summed E-state index contributed by atoms with van der Waals surface area (Å²) in [5, 5.41) is 0.769. The van der Waals surface area contributed by atoms with Gasteiger partial charge in [-0.1, -0.05) is 43.5 Å². The molecule has 0 saturated carbocycles. The molecule has 4 nitrogen and oxygen atoms in total. The summed E-state index contributed by atoms with van der Waals surface area (Å²) in [5.74, 6) is -0.257. The summed E-state index contributed by atoms with van der Waals surface area (Å²) in [6.45, 7) is 2.65. The maximum Gasteiger partial charge on any atom is 0.510 e. The number of carbonyl (C=O) groups is 1. The highest BCUT2D eigenvalue weighted by molar-refractivity contribution is 6.30. The number of epoxide rings is 1. The molecule has 0 amide bonds. The summed E-state index contributed by atoms with van der Waals surface area (Å²) in [6, 6.07) is 8.00. The quantitative estimate of drug-likeness (QED) is 0.470. The van der Waals surface area contributed by atoms with E-state index in [1.165, 1.54) is 12.7 Å². The van der Waals surface area contributed by atoms with Gasteiger partial charge < -0.3 is 14.2 Å². The number of halogens is 1. The van der Waals surface area contributed by atoms with Crippen LogP contribution in [0.15, 0.2) is 24.3 Å². The maximum absolute atomic E-state index is 11.3. The minimum absolute atomic E-state index is 0.472. The van der Waals surface area contributed by atoms with E-state index < -0.39 is 11.9 Å². The zero-order valence-corrected chi connectivity index (χ0v) is 14.6. The molecule has 1 aliphatic heterocycles. The van der Waals surface area contributed by atoms with Gasteiger partial charge in [0.05, 0.1) is 7.11 Å². The molecule has 0 N–H and O–H groups in total. The Morgan fingerprint density at radius 3 is 2.61 bits per heavy atom. The molecule has 0 aliphatic carbocycles. The number of rotatable bonds is 9. The molecule has 2 atom stereocenters. The predicted octanol–water partition coefficient (Wildman–Crippen LogP) is 4.98. The first kappa shape index (κ1) is 18.1. The highest BCUT2D eigenvalue weighted by Gasteiger charge is 2.50. The summed E-state index contributed by atoms with van der Waals surface area (Å²) < 4.78 is 15.2. The molecular weight excluding hydrogens is 316 g/mol. The maximum atomic E-state index is 11.3. The van der Waals surface area contributed by atoms with Crippen molar-refractivity contribution < 1.29 is 19.0 Å². The first-order chi connectivity index (χ1) is 11.1. The molecule has 1 saturated heterocycles. The first-order valence-electron chi connectivity index (χ1n) is 8.22. The lowest BCUT2D eigenvalue weighted by Crippen LogP contribution is -2.25. The summed E-state index contributed by atoms with van der Waals surface area (Å²) in [4.78, 5) is 11.3. The molecule has 0 aromatic heterocycles. The highest BCUT2D eigenvalue weighted by Crippen LogP contribution is 2.38. The monoisotopic (exact) mass is 340 g/mol. The van der Waals surface area contributed by atoms with Crippen LogP contribution in [0.4, 0.5) is 4.79 Å². The highest BCUT2D eigenvalue weighted by atomic mass is 35.5. The van der Waals surface area contributed by atoms with E-state index in [4.69, 9.17) is 21.1 Å². The fraction of sp³-hybridized carbons (Fsp3) is 0.611. The Bertz CT molecular complexity index is 496. The summed E-state index contributed by atoms with van der Waals surface area (Å²) in [7, 11) is 1.31. The predicted molar refractivity (Wildman–Crippen MR) is 89.6 cm³/mol. The Labute approximate surface area is 143 Å². The Hall–Kier alpha value is -1.26. The summed E-state index contributed by atoms with van der Waals surface area (Å²) in [6.07, 6.45) is 5.52. The Balaban J connectivity index is 1.79. The Kier molecular flexibility index (Phi) is 6.72. The van der Waals surface area contributed by atoms with Crippen LogP contribution in [0.2, 0.25) is 5.02 Å². The van der Waals surface area contributed by atoms with E-state index in [2.05, 4.69) is 23.8 Å². The topological polar surface area (TPSA) is 48.1 Å². The lowest BCUT2D eigenvalue weighted by atomic mass is 9.90. The van der Waals surface area contributed by atoms with E-state index in [0.29, 0.717) is 12.5 Å². The van der Waals surface area contributed by atoms with E-state index in [-0.39, 0.29) is 0 Å². The fourth-order valence-corrected chi connectivity index (χ4v) is 3.06. The van der Waals surface area contributed by atoms with Crippen LogP contribution in [0.3, 0.4) is 0 Å². The number of hydrogen-bond acceptors (Lipinski definition) is 4. The zero-order chi connectivity index (χ0) is 16.7. The van der Waals surface area contributed by atoms with Gasteiger partial charge in [0.15, 0.2) is 0 Å². The van der Waals surface area contributed by atoms with Gasteiger partial charge in [-0.05, 0) is 42.9 Å². The van der Waals surface area contributed by atoms with Crippen molar-refractivity contribution >= 4 is 17.8 Å². The Morgan fingerprint density at radius 2 is 2.04 bits per heavy atom. The Morgan fingerprint density at radius 1 is 1.35 bits per heavy atom. The van der Waals surface area contributed by atoms with Crippen molar-refractivity contribution in [3.63, 3.8) is 0 Å². The average molecular weight is 341 g/mol. The van der Waals surface area contributed by atoms with E-state index >= 15 is 0 Å². The van der Waals surface area contributed by atoms with Gasteiger partial charge in [-0.3, -0.25) is 0 Å². The molecule has 128 valence electrons. The van der Waals surface area contributed by atoms with Gasteiger partial charge in [0.25, 0.3) is 0 Å². The van der Waals surface area contributed by atoms with E-state index in [0.717, 1.165) is 43.5 Å². The van der Waals surface area contributed by atoms with Crippen molar-refractivity contribution in [2.45, 2.75) is 51.2 Å². The lowest BCUT2D eigenvalue weighted by Gasteiger charge is -2.20. The van der Waals surface area contributed by atoms with Crippen LogP contribution in [-0.4, -0.2) is 25.7 Å². The molecule has 0 spiro atoms. The van der Waals surface area contributed by atoms with Gasteiger partial charge in [0, 0.05) is 11.4 Å². The van der Waals surface area contributed by atoms with Crippen molar-refractivity contribution in [1.29, 1.82) is 0 Å². The molecule has 1 aromatic carbocycles. The van der Waals surface area contributed by atoms with E-state index in [1.807, 2.05) is 12.1 Å². The third-order valence-corrected chi connectivity index (χ3v) is 4.44. The average Bonchev–Trinajstić information content (AvgIpc) is 3.28. The number of hydrogen-bond donors (Lipinski definition) is 0. The molecular formula is C18H25ClO4. The molecule has 1 fully saturated rings. The second-order valence-corrected chi connectivity index (χ2v) is 6.57. The van der Waals surface area contributed by atoms with Crippen LogP contribution in [0.1, 0.15) is 44.6 Å². The number of carbonyl (C=O) groups excluding carboxylic acids is 1. The third kappa shape index (κ3) is 6.04. The minimum atomic E-state index is -0.743. The van der Waals surface area contributed by atoms with Crippen LogP contribution < -0.4 is 0 Å². The molecule has 1 heterocycles. The minimum Gasteiger partial charge on any atom is -0.438 e. The molecule has 1 aromatic rings. The second-order valence-electron chi connectivity index (χ2n) is 6.13. The van der Waals surface area contributed by atoms with E-state index in [1.54, 1.807) is 0 Å². The number of ether oxygens (including phenoxy) is 3. The van der Waals surface area contributed by atoms with Gasteiger partial charge in [-0.25, -0.2) is 4.79 Å². The van der Waals surface area contributed by atoms with E-state index in [9.17, 15) is 4.79 Å². The standard InChI is InChI=1S/C18H25ClO4/c1-3-5-15(12-18(13-22-18)23-17(20)21-2)7-4-6-14-8-10-16(19)11-9-14/h8-11,15H,3-7,12-13H2,1-2H3. The molecule has 2 unspecified atom stereocenters. The number of aryl methyl sites for hydroxylation is 1. The first-order valence-corrected chi connectivity index (χ1v) is 8.60. The molecule has 2 rings (SSSR count). The molecule has 0 bridgehead atoms. The van der Waals surface area contributed by atoms with Gasteiger partial charge in [-0.15, -0.1) is 0 Å². The smallest absolute Gasteiger partial charge is 0.438 e. The van der Waals surface area contributed by atoms with Crippen molar-refractivity contribution in [2.75, 3.05) is 13.7 Å². The van der Waals surface area contributed by atoms with Crippen molar-refractivity contribution in [3.05, 3.63) is 34.9 Å². The molecule has 1 aliphatic rings. The largest absolute Gasteiger partial charge is 0.510 e. The van der Waals surface area contributed by atoms with Crippen LogP contribution in [0.25, 0.3) is 0 Å². The van der Waals surface area contributed by atoms with Crippen LogP contribution in [0, 0.1) is 5.92 Å². The lowest BCUT2D eigenvalue weighted by molar-refractivity contribution is -0.0406. The van der Waals surface area contributed by atoms with Crippen LogP contribution in [-0.2, 0) is 20.6 Å². The second kappa shape index (κ2) is 8.55. The van der Waals surface area contributed by atoms with Crippen LogP contribution in [0.5, 0.6) is 0 Å². The SMILES string of the molecule is CCCC(CCCc1ccc(Cl)cc1)CC1(OC(=O)OC)CO1. The van der Waals surface area contributed by atoms with Gasteiger partial charge >= 0.3 is 6.16 Å². The molecule has 23 heavy (non-hydrogen) atoms. The van der Waals surface area contributed by atoms with Crippen molar-refractivity contribution in [3.8, 4) is 0 Å². The number of benzene rings is 1. The van der Waals surface area contributed by atoms with Gasteiger partial charge in [0.2, 0.25) is 5.79 Å². The van der Waals surface area contributed by atoms with Crippen LogP contribution >= 0.6 is 11.6 Å². The number of methoxy groups -OCH3 is 1. The summed E-state index contributed by atoms with van der Waals surface area (Å²) in [5.41, 5.74) is 1.30. The molecule has 5 heteroatoms. The zero-order valence-electron chi connectivity index (χ0n) is 13.8. The fourth-order valence-electron chi connectivity index (χ4n) is 2.93. The van der Waals surface area contributed by atoms with Crippen molar-refractivity contribution in [2.24, 2.45) is 5.92 Å².